The van der Waals surface area contributed by atoms with Gasteiger partial charge < -0.3 is 4.84 Å². The van der Waals surface area contributed by atoms with Crippen molar-refractivity contribution >= 4 is 28.9 Å². The van der Waals surface area contributed by atoms with Crippen LogP contribution in [0.25, 0.3) is 0 Å². The van der Waals surface area contributed by atoms with Crippen LogP contribution in [-0.2, 0) is 21.5 Å². The van der Waals surface area contributed by atoms with E-state index in [0.717, 1.165) is 5.69 Å². The highest BCUT2D eigenvalue weighted by molar-refractivity contribution is 6.25. The van der Waals surface area contributed by atoms with Crippen LogP contribution in [0.4, 0.5) is 0 Å². The number of aryl methyl sites for hydroxylation is 1. The molecule has 1 saturated carbocycles. The lowest BCUT2D eigenvalue weighted by Crippen LogP contribution is -2.38. The molecule has 0 unspecified atom stereocenters. The molecule has 0 bridgehead atoms. The Kier molecular flexibility index (Phi) is 6.10. The maximum Gasteiger partial charge on any atom is 0.149 e. The van der Waals surface area contributed by atoms with Crippen LogP contribution in [0.5, 0.6) is 0 Å². The number of ketones is 2. The second-order valence-electron chi connectivity index (χ2n) is 5.44. The van der Waals surface area contributed by atoms with Gasteiger partial charge in [-0.1, -0.05) is 23.7 Å². The molecule has 124 valence electrons. The predicted octanol–water partition coefficient (Wildman–Crippen LogP) is 2.59. The lowest BCUT2D eigenvalue weighted by atomic mass is 9.76. The van der Waals surface area contributed by atoms with Gasteiger partial charge >= 0.3 is 0 Å². The van der Waals surface area contributed by atoms with Crippen LogP contribution in [0.15, 0.2) is 29.0 Å². The molecule has 0 saturated heterocycles. The Hall–Kier alpha value is -1.95. The van der Waals surface area contributed by atoms with E-state index in [-0.39, 0.29) is 24.1 Å². The van der Waals surface area contributed by atoms with E-state index in [4.69, 9.17) is 16.4 Å². The fraction of sp³-hybridized carbons (Fsp3) is 0.500. The lowest BCUT2D eigenvalue weighted by Gasteiger charge is -2.26. The smallest absolute Gasteiger partial charge is 0.149 e. The Morgan fingerprint density at radius 2 is 2.17 bits per heavy atom. The van der Waals surface area contributed by atoms with Gasteiger partial charge in [0.1, 0.15) is 24.1 Å². The minimum absolute atomic E-state index is 0.107. The second-order valence-corrected chi connectivity index (χ2v) is 5.70. The number of rotatable bonds is 6. The molecule has 0 spiro atoms. The van der Waals surface area contributed by atoms with Crippen molar-refractivity contribution in [2.24, 2.45) is 18.1 Å². The third-order valence-electron chi connectivity index (χ3n) is 3.95. The molecule has 1 aliphatic carbocycles. The van der Waals surface area contributed by atoms with E-state index in [2.05, 4.69) is 10.3 Å². The number of aromatic nitrogens is 2. The molecule has 1 aromatic rings. The summed E-state index contributed by atoms with van der Waals surface area (Å²) in [6, 6.07) is 1.85. The maximum absolute atomic E-state index is 12.5. The first-order chi connectivity index (χ1) is 11.1. The number of oxime groups is 1. The van der Waals surface area contributed by atoms with Crippen LogP contribution in [0, 0.1) is 5.92 Å². The average molecular weight is 338 g/mol. The molecular formula is C16H20ClN3O3. The maximum atomic E-state index is 12.5. The van der Waals surface area contributed by atoms with Gasteiger partial charge in [-0.15, -0.1) is 0 Å². The Balaban J connectivity index is 2.11. The molecule has 1 heterocycles. The van der Waals surface area contributed by atoms with Crippen LogP contribution < -0.4 is 0 Å². The quantitative estimate of drug-likeness (QED) is 0.346. The number of nitrogens with zero attached hydrogens (tertiary/aromatic N) is 3. The summed E-state index contributed by atoms with van der Waals surface area (Å²) in [5.41, 5.74) is 2.71. The summed E-state index contributed by atoms with van der Waals surface area (Å²) in [6.07, 6.45) is 4.38. The highest BCUT2D eigenvalue weighted by Crippen LogP contribution is 2.32. The monoisotopic (exact) mass is 337 g/mol. The van der Waals surface area contributed by atoms with E-state index in [1.165, 1.54) is 5.54 Å². The number of carbonyl (C=O) groups is 2. The summed E-state index contributed by atoms with van der Waals surface area (Å²) in [4.78, 5) is 30.1. The van der Waals surface area contributed by atoms with Crippen molar-refractivity contribution in [1.82, 2.24) is 9.78 Å². The summed E-state index contributed by atoms with van der Waals surface area (Å²) >= 11 is 5.40. The third kappa shape index (κ3) is 4.07. The number of halogens is 1. The van der Waals surface area contributed by atoms with E-state index in [0.29, 0.717) is 25.0 Å². The summed E-state index contributed by atoms with van der Waals surface area (Å²) in [7, 11) is 1.81. The van der Waals surface area contributed by atoms with E-state index in [1.807, 2.05) is 20.0 Å². The number of hydrogen-bond acceptors (Lipinski definition) is 5. The third-order valence-corrected chi connectivity index (χ3v) is 4.13. The minimum Gasteiger partial charge on any atom is -0.392 e. The Morgan fingerprint density at radius 1 is 1.48 bits per heavy atom. The van der Waals surface area contributed by atoms with E-state index < -0.39 is 5.92 Å². The van der Waals surface area contributed by atoms with Gasteiger partial charge in [0.05, 0.1) is 5.71 Å². The highest BCUT2D eigenvalue weighted by atomic mass is 35.5. The van der Waals surface area contributed by atoms with E-state index in [9.17, 15) is 9.59 Å². The molecule has 1 fully saturated rings. The van der Waals surface area contributed by atoms with Crippen molar-refractivity contribution in [1.29, 1.82) is 0 Å². The van der Waals surface area contributed by atoms with Crippen molar-refractivity contribution in [2.45, 2.75) is 32.1 Å². The fourth-order valence-corrected chi connectivity index (χ4v) is 2.93. The van der Waals surface area contributed by atoms with Crippen molar-refractivity contribution in [3.8, 4) is 0 Å². The van der Waals surface area contributed by atoms with Gasteiger partial charge in [-0.3, -0.25) is 14.3 Å². The normalized spacial score (nSPS) is 22.8. The van der Waals surface area contributed by atoms with Crippen molar-refractivity contribution in [2.75, 3.05) is 6.61 Å². The molecule has 2 rings (SSSR count). The average Bonchev–Trinajstić information content (AvgIpc) is 2.95. The van der Waals surface area contributed by atoms with Gasteiger partial charge in [-0.2, -0.15) is 5.10 Å². The largest absolute Gasteiger partial charge is 0.392 e. The Bertz CT molecular complexity index is 618. The molecule has 0 radical (unpaired) electrons. The SMILES string of the molecule is CCC(=NOCC=CCl)C1C(=O)CC(c2ccnn2C)CC1=O. The molecule has 0 amide bonds. The Labute approximate surface area is 140 Å². The molecule has 7 heteroatoms. The van der Waals surface area contributed by atoms with Gasteiger partial charge in [0.15, 0.2) is 0 Å². The topological polar surface area (TPSA) is 73.5 Å². The van der Waals surface area contributed by atoms with Crippen LogP contribution in [0.2, 0.25) is 0 Å². The Morgan fingerprint density at radius 3 is 2.70 bits per heavy atom. The lowest BCUT2D eigenvalue weighted by molar-refractivity contribution is -0.133. The summed E-state index contributed by atoms with van der Waals surface area (Å²) in [6.45, 7) is 2.06. The molecule has 0 atom stereocenters. The summed E-state index contributed by atoms with van der Waals surface area (Å²) in [5, 5.41) is 8.06. The first-order valence-electron chi connectivity index (χ1n) is 7.55. The van der Waals surface area contributed by atoms with Gasteiger partial charge in [-0.05, 0) is 18.6 Å². The van der Waals surface area contributed by atoms with E-state index in [1.54, 1.807) is 17.0 Å². The van der Waals surface area contributed by atoms with Crippen LogP contribution in [0.1, 0.15) is 37.8 Å². The zero-order valence-electron chi connectivity index (χ0n) is 13.2. The van der Waals surface area contributed by atoms with Crippen LogP contribution >= 0.6 is 11.6 Å². The standard InChI is InChI=1S/C16H20ClN3O3/c1-3-12(19-23-8-4-6-17)16-14(21)9-11(10-15(16)22)13-5-7-18-20(13)2/h4-7,11,16H,3,8-10H2,1-2H3. The molecule has 0 N–H and O–H groups in total. The molecular weight excluding hydrogens is 318 g/mol. The number of hydrogen-bond donors (Lipinski definition) is 0. The first-order valence-corrected chi connectivity index (χ1v) is 7.99. The fourth-order valence-electron chi connectivity index (χ4n) is 2.86. The molecule has 1 aliphatic rings. The van der Waals surface area contributed by atoms with Crippen LogP contribution in [0.3, 0.4) is 0 Å². The summed E-state index contributed by atoms with van der Waals surface area (Å²) in [5.74, 6) is -1.12. The molecule has 6 nitrogen and oxygen atoms in total. The minimum atomic E-state index is -0.788. The second kappa shape index (κ2) is 8.06. The molecule has 0 aromatic carbocycles. The molecule has 0 aliphatic heterocycles. The van der Waals surface area contributed by atoms with E-state index >= 15 is 0 Å². The number of Topliss-reactive ketones (excluding diaryl/α,β-unsaturated/α-hetero) is 2. The summed E-state index contributed by atoms with van der Waals surface area (Å²) < 4.78 is 1.71. The van der Waals surface area contributed by atoms with Crippen molar-refractivity contribution in [3.63, 3.8) is 0 Å². The van der Waals surface area contributed by atoms with Crippen LogP contribution in [-0.4, -0.2) is 33.7 Å². The zero-order valence-corrected chi connectivity index (χ0v) is 14.0. The molecule has 1 aromatic heterocycles. The van der Waals surface area contributed by atoms with Gasteiger partial charge in [0.25, 0.3) is 0 Å². The number of carbonyl (C=O) groups excluding carboxylic acids is 2. The van der Waals surface area contributed by atoms with Crippen molar-refractivity contribution in [3.05, 3.63) is 29.6 Å². The van der Waals surface area contributed by atoms with Gasteiger partial charge in [0.2, 0.25) is 0 Å². The first kappa shape index (κ1) is 17.4. The predicted molar refractivity (Wildman–Crippen MR) is 87.4 cm³/mol. The zero-order chi connectivity index (χ0) is 16.8. The van der Waals surface area contributed by atoms with Gasteiger partial charge in [0, 0.05) is 43.2 Å². The van der Waals surface area contributed by atoms with Crippen molar-refractivity contribution < 1.29 is 14.4 Å². The molecule has 23 heavy (non-hydrogen) atoms. The highest BCUT2D eigenvalue weighted by Gasteiger charge is 2.39. The van der Waals surface area contributed by atoms with Gasteiger partial charge in [-0.25, -0.2) is 0 Å².